The maximum atomic E-state index is 12.2. The molecule has 2 N–H and O–H groups in total. The summed E-state index contributed by atoms with van der Waals surface area (Å²) in [7, 11) is 0. The number of hydrogen-bond acceptors (Lipinski definition) is 7. The van der Waals surface area contributed by atoms with Gasteiger partial charge in [0.25, 0.3) is 0 Å². The molecule has 32 heavy (non-hydrogen) atoms. The molecule has 4 rings (SSSR count). The first-order valence-corrected chi connectivity index (χ1v) is 9.91. The molecule has 2 aromatic heterocycles. The van der Waals surface area contributed by atoms with E-state index >= 15 is 0 Å². The highest BCUT2D eigenvalue weighted by molar-refractivity contribution is 5.92. The van der Waals surface area contributed by atoms with Crippen LogP contribution in [0.2, 0.25) is 0 Å². The number of amides is 2. The standard InChI is InChI=1S/C23H20N4O5/c28-20(13-14-21-25-27-23(32-21)16-7-3-1-4-8-16)24-26-22(29)19-12-11-18(31-19)15-30-17-9-5-2-6-10-17/h1-12H,13-15H2,(H,24,28)(H,26,29). The molecule has 0 radical (unpaired) electrons. The van der Waals surface area contributed by atoms with Crippen molar-refractivity contribution < 1.29 is 23.2 Å². The van der Waals surface area contributed by atoms with Gasteiger partial charge in [-0.2, -0.15) is 0 Å². The predicted octanol–water partition coefficient (Wildman–Crippen LogP) is 3.30. The Morgan fingerprint density at radius 2 is 1.59 bits per heavy atom. The van der Waals surface area contributed by atoms with Crippen molar-refractivity contribution in [1.29, 1.82) is 0 Å². The van der Waals surface area contributed by atoms with Crippen molar-refractivity contribution in [1.82, 2.24) is 21.0 Å². The summed E-state index contributed by atoms with van der Waals surface area (Å²) in [4.78, 5) is 24.2. The van der Waals surface area contributed by atoms with Crippen LogP contribution in [0, 0.1) is 0 Å². The zero-order valence-electron chi connectivity index (χ0n) is 17.0. The molecule has 9 nitrogen and oxygen atoms in total. The number of aromatic nitrogens is 2. The molecular weight excluding hydrogens is 412 g/mol. The van der Waals surface area contributed by atoms with Crippen LogP contribution in [0.4, 0.5) is 0 Å². The van der Waals surface area contributed by atoms with Gasteiger partial charge in [-0.15, -0.1) is 10.2 Å². The fraction of sp³-hybridized carbons (Fsp3) is 0.130. The number of carbonyl (C=O) groups excluding carboxylic acids is 2. The number of benzene rings is 2. The summed E-state index contributed by atoms with van der Waals surface area (Å²) >= 11 is 0. The van der Waals surface area contributed by atoms with Crippen LogP contribution >= 0.6 is 0 Å². The Morgan fingerprint density at radius 1 is 0.844 bits per heavy atom. The first-order chi connectivity index (χ1) is 15.7. The second-order valence-electron chi connectivity index (χ2n) is 6.74. The fourth-order valence-electron chi connectivity index (χ4n) is 2.77. The molecular formula is C23H20N4O5. The van der Waals surface area contributed by atoms with Gasteiger partial charge in [0.15, 0.2) is 5.76 Å². The fourth-order valence-corrected chi connectivity index (χ4v) is 2.77. The predicted molar refractivity (Wildman–Crippen MR) is 113 cm³/mol. The van der Waals surface area contributed by atoms with E-state index in [1.807, 2.05) is 60.7 Å². The van der Waals surface area contributed by atoms with Gasteiger partial charge in [-0.3, -0.25) is 20.4 Å². The van der Waals surface area contributed by atoms with Crippen molar-refractivity contribution in [3.05, 3.63) is 90.2 Å². The number of nitrogens with one attached hydrogen (secondary N) is 2. The first-order valence-electron chi connectivity index (χ1n) is 9.91. The van der Waals surface area contributed by atoms with E-state index in [9.17, 15) is 9.59 Å². The third-order valence-corrected chi connectivity index (χ3v) is 4.38. The van der Waals surface area contributed by atoms with E-state index in [4.69, 9.17) is 13.6 Å². The highest BCUT2D eigenvalue weighted by atomic mass is 16.5. The molecule has 0 spiro atoms. The van der Waals surface area contributed by atoms with Gasteiger partial charge in [-0.1, -0.05) is 36.4 Å². The molecule has 2 heterocycles. The Bertz CT molecular complexity index is 1170. The van der Waals surface area contributed by atoms with E-state index < -0.39 is 11.8 Å². The third-order valence-electron chi connectivity index (χ3n) is 4.38. The van der Waals surface area contributed by atoms with Crippen LogP contribution in [0.25, 0.3) is 11.5 Å². The number of hydrazine groups is 1. The van der Waals surface area contributed by atoms with E-state index in [-0.39, 0.29) is 25.2 Å². The van der Waals surface area contributed by atoms with Crippen LogP contribution in [0.5, 0.6) is 5.75 Å². The monoisotopic (exact) mass is 432 g/mol. The van der Waals surface area contributed by atoms with Gasteiger partial charge in [-0.05, 0) is 36.4 Å². The smallest absolute Gasteiger partial charge is 0.305 e. The Morgan fingerprint density at radius 3 is 2.38 bits per heavy atom. The second kappa shape index (κ2) is 10.1. The van der Waals surface area contributed by atoms with Crippen LogP contribution in [0.1, 0.15) is 28.6 Å². The quantitative estimate of drug-likeness (QED) is 0.410. The van der Waals surface area contributed by atoms with E-state index in [1.165, 1.54) is 6.07 Å². The molecule has 0 unspecified atom stereocenters. The number of ether oxygens (including phenoxy) is 1. The number of hydrogen-bond donors (Lipinski definition) is 2. The van der Waals surface area contributed by atoms with E-state index in [0.29, 0.717) is 23.3 Å². The van der Waals surface area contributed by atoms with Gasteiger partial charge in [0.05, 0.1) is 0 Å². The highest BCUT2D eigenvalue weighted by Crippen LogP contribution is 2.17. The van der Waals surface area contributed by atoms with Crippen LogP contribution < -0.4 is 15.6 Å². The molecule has 2 aromatic carbocycles. The summed E-state index contributed by atoms with van der Waals surface area (Å²) in [5.41, 5.74) is 5.45. The lowest BCUT2D eigenvalue weighted by Crippen LogP contribution is -2.41. The average Bonchev–Trinajstić information content (AvgIpc) is 3.51. The van der Waals surface area contributed by atoms with Crippen LogP contribution in [0.3, 0.4) is 0 Å². The second-order valence-corrected chi connectivity index (χ2v) is 6.74. The third kappa shape index (κ3) is 5.60. The van der Waals surface area contributed by atoms with Crippen LogP contribution in [-0.2, 0) is 17.8 Å². The summed E-state index contributed by atoms with van der Waals surface area (Å²) in [5, 5.41) is 7.91. The Hall–Kier alpha value is -4.40. The van der Waals surface area contributed by atoms with Crippen LogP contribution in [-0.4, -0.2) is 22.0 Å². The zero-order chi connectivity index (χ0) is 22.2. The minimum atomic E-state index is -0.575. The molecule has 0 fully saturated rings. The van der Waals surface area contributed by atoms with Crippen LogP contribution in [0.15, 0.2) is 81.6 Å². The number of furan rings is 1. The average molecular weight is 432 g/mol. The number of rotatable bonds is 8. The molecule has 4 aromatic rings. The van der Waals surface area contributed by atoms with Gasteiger partial charge in [-0.25, -0.2) is 0 Å². The summed E-state index contributed by atoms with van der Waals surface area (Å²) < 4.78 is 16.6. The highest BCUT2D eigenvalue weighted by Gasteiger charge is 2.14. The summed E-state index contributed by atoms with van der Waals surface area (Å²) in [6, 6.07) is 21.7. The SMILES string of the molecule is O=C(CCc1nnc(-c2ccccc2)o1)NNC(=O)c1ccc(COc2ccccc2)o1. The molecule has 0 aliphatic carbocycles. The number of para-hydroxylation sites is 1. The Kier molecular flexibility index (Phi) is 6.57. The van der Waals surface area contributed by atoms with Crippen molar-refractivity contribution >= 4 is 11.8 Å². The number of nitrogens with zero attached hydrogens (tertiary/aromatic N) is 2. The maximum Gasteiger partial charge on any atom is 0.305 e. The molecule has 2 amide bonds. The zero-order valence-corrected chi connectivity index (χ0v) is 17.0. The van der Waals surface area contributed by atoms with Gasteiger partial charge in [0.1, 0.15) is 18.1 Å². The molecule has 0 saturated carbocycles. The van der Waals surface area contributed by atoms with Gasteiger partial charge < -0.3 is 13.6 Å². The number of carbonyl (C=O) groups is 2. The molecule has 0 aliphatic rings. The van der Waals surface area contributed by atoms with Crippen molar-refractivity contribution in [2.45, 2.75) is 19.4 Å². The molecule has 0 atom stereocenters. The lowest BCUT2D eigenvalue weighted by molar-refractivity contribution is -0.121. The maximum absolute atomic E-state index is 12.2. The lowest BCUT2D eigenvalue weighted by atomic mass is 10.2. The minimum Gasteiger partial charge on any atom is -0.486 e. The summed E-state index contributed by atoms with van der Waals surface area (Å²) in [5.74, 6) is 0.973. The Labute approximate surface area is 183 Å². The van der Waals surface area contributed by atoms with Gasteiger partial charge >= 0.3 is 5.91 Å². The topological polar surface area (TPSA) is 119 Å². The van der Waals surface area contributed by atoms with Crippen molar-refractivity contribution in [2.24, 2.45) is 0 Å². The number of aryl methyl sites for hydroxylation is 1. The minimum absolute atomic E-state index is 0.0568. The summed E-state index contributed by atoms with van der Waals surface area (Å²) in [6.45, 7) is 0.179. The molecule has 9 heteroatoms. The van der Waals surface area contributed by atoms with E-state index in [0.717, 1.165) is 5.56 Å². The molecule has 0 saturated heterocycles. The van der Waals surface area contributed by atoms with E-state index in [1.54, 1.807) is 6.07 Å². The van der Waals surface area contributed by atoms with Crippen molar-refractivity contribution in [3.8, 4) is 17.2 Å². The molecule has 0 aliphatic heterocycles. The first kappa shape index (κ1) is 20.9. The van der Waals surface area contributed by atoms with Crippen molar-refractivity contribution in [3.63, 3.8) is 0 Å². The van der Waals surface area contributed by atoms with Gasteiger partial charge in [0.2, 0.25) is 17.7 Å². The normalized spacial score (nSPS) is 10.5. The Balaban J connectivity index is 1.20. The largest absolute Gasteiger partial charge is 0.486 e. The lowest BCUT2D eigenvalue weighted by Gasteiger charge is -2.05. The molecule has 0 bridgehead atoms. The van der Waals surface area contributed by atoms with Gasteiger partial charge in [0, 0.05) is 18.4 Å². The van der Waals surface area contributed by atoms with E-state index in [2.05, 4.69) is 21.0 Å². The summed E-state index contributed by atoms with van der Waals surface area (Å²) in [6.07, 6.45) is 0.300. The molecule has 162 valence electrons. The van der Waals surface area contributed by atoms with Crippen molar-refractivity contribution in [2.75, 3.05) is 0 Å².